The van der Waals surface area contributed by atoms with Crippen molar-refractivity contribution in [2.45, 2.75) is 31.7 Å². The van der Waals surface area contributed by atoms with Gasteiger partial charge in [-0.3, -0.25) is 14.5 Å². The van der Waals surface area contributed by atoms with Crippen molar-refractivity contribution in [2.75, 3.05) is 13.1 Å². The molecule has 7 rings (SSSR count). The zero-order valence-corrected chi connectivity index (χ0v) is 23.8. The maximum Gasteiger partial charge on any atom is 0.225 e. The maximum absolute atomic E-state index is 15.4. The molecule has 0 bridgehead atoms. The Morgan fingerprint density at radius 3 is 2.65 bits per heavy atom. The number of amides is 1. The van der Waals surface area contributed by atoms with Crippen molar-refractivity contribution in [3.63, 3.8) is 0 Å². The Morgan fingerprint density at radius 2 is 1.91 bits per heavy atom. The number of carbonyl (C=O) groups is 1. The third-order valence-electron chi connectivity index (χ3n) is 8.36. The molecule has 1 amide bonds. The zero-order chi connectivity index (χ0) is 29.5. The normalized spacial score (nSPS) is 18.6. The van der Waals surface area contributed by atoms with Crippen LogP contribution in [-0.4, -0.2) is 58.9 Å². The Morgan fingerprint density at radius 1 is 1.09 bits per heavy atom. The van der Waals surface area contributed by atoms with Crippen LogP contribution in [0.2, 0.25) is 5.02 Å². The average Bonchev–Trinajstić information content (AvgIpc) is 3.51. The van der Waals surface area contributed by atoms with Gasteiger partial charge in [0, 0.05) is 49.2 Å². The maximum atomic E-state index is 15.4. The summed E-state index contributed by atoms with van der Waals surface area (Å²) in [6.07, 6.45) is 13.2. The Bertz CT molecular complexity index is 1770. The first kappa shape index (κ1) is 27.1. The number of pyridine rings is 2. The molecular weight excluding hydrogens is 573 g/mol. The summed E-state index contributed by atoms with van der Waals surface area (Å²) in [4.78, 5) is 19.1. The molecule has 0 N–H and O–H groups in total. The number of tetrazole rings is 1. The van der Waals surface area contributed by atoms with Crippen LogP contribution in [0.3, 0.4) is 0 Å². The number of halogens is 2. The van der Waals surface area contributed by atoms with Crippen LogP contribution in [0.4, 0.5) is 4.39 Å². The van der Waals surface area contributed by atoms with Gasteiger partial charge in [-0.25, -0.2) is 4.39 Å². The predicted molar refractivity (Wildman–Crippen MR) is 154 cm³/mol. The SMILES string of the molecule is O=C([C@@H]1C[C@H]1CC(c1ccc(-c2c(-n3cnnn3)ccc(Cl)c2F)c[n+]1[O-])n1cc(-c2ccncc2)cn1)N1CCCC1. The highest BCUT2D eigenvalue weighted by Gasteiger charge is 2.47. The summed E-state index contributed by atoms with van der Waals surface area (Å²) in [5.74, 6) is -0.400. The predicted octanol–water partition coefficient (Wildman–Crippen LogP) is 4.25. The summed E-state index contributed by atoms with van der Waals surface area (Å²) in [5.41, 5.74) is 3.02. The molecule has 1 unspecified atom stereocenters. The molecule has 2 fully saturated rings. The number of rotatable bonds is 8. The number of carbonyl (C=O) groups excluding carboxylic acids is 1. The first-order valence-corrected chi connectivity index (χ1v) is 14.5. The van der Waals surface area contributed by atoms with Crippen molar-refractivity contribution in [3.8, 4) is 27.9 Å². The van der Waals surface area contributed by atoms with Crippen molar-refractivity contribution >= 4 is 17.5 Å². The molecule has 2 aliphatic rings. The number of hydrogen-bond donors (Lipinski definition) is 0. The van der Waals surface area contributed by atoms with Crippen molar-refractivity contribution in [1.29, 1.82) is 0 Å². The van der Waals surface area contributed by atoms with Crippen LogP contribution < -0.4 is 4.73 Å². The van der Waals surface area contributed by atoms with Gasteiger partial charge < -0.3 is 10.1 Å². The van der Waals surface area contributed by atoms with E-state index in [1.807, 2.05) is 23.2 Å². The Kier molecular flexibility index (Phi) is 7.05. The molecule has 13 heteroatoms. The molecule has 0 spiro atoms. The second-order valence-corrected chi connectivity index (χ2v) is 11.4. The van der Waals surface area contributed by atoms with Crippen molar-refractivity contribution in [2.24, 2.45) is 11.8 Å². The molecule has 3 atom stereocenters. The minimum atomic E-state index is -0.686. The summed E-state index contributed by atoms with van der Waals surface area (Å²) < 4.78 is 19.2. The van der Waals surface area contributed by atoms with Gasteiger partial charge >= 0.3 is 0 Å². The van der Waals surface area contributed by atoms with Crippen LogP contribution in [-0.2, 0) is 4.79 Å². The van der Waals surface area contributed by atoms with E-state index in [4.69, 9.17) is 11.6 Å². The topological polar surface area (TPSA) is 122 Å². The Labute approximate surface area is 251 Å². The average molecular weight is 600 g/mol. The number of benzene rings is 1. The third kappa shape index (κ3) is 5.22. The first-order chi connectivity index (χ1) is 21.0. The molecule has 1 saturated heterocycles. The van der Waals surface area contributed by atoms with Gasteiger partial charge in [0.1, 0.15) is 12.4 Å². The van der Waals surface area contributed by atoms with E-state index in [1.54, 1.807) is 41.5 Å². The summed E-state index contributed by atoms with van der Waals surface area (Å²) in [6, 6.07) is 9.72. The standard InChI is InChI=1S/C30H27ClFN9O2/c31-24-4-6-26(40-18-34-36-37-40)28(29(24)32)20-3-5-25(41(43)17-20)27(14-21-13-23(21)30(42)38-11-1-2-12-38)39-16-22(15-35-39)19-7-9-33-10-8-19/h3-10,15-18,21,23,27H,1-2,11-14H2/t21-,23+,27?/m0/s1. The minimum absolute atomic E-state index is 0.0467. The molecule has 1 aromatic carbocycles. The number of likely N-dealkylation sites (tertiary alicyclic amines) is 1. The van der Waals surface area contributed by atoms with E-state index in [9.17, 15) is 10.0 Å². The molecule has 218 valence electrons. The van der Waals surface area contributed by atoms with Crippen molar-refractivity contribution in [3.05, 3.63) is 95.5 Å². The smallest absolute Gasteiger partial charge is 0.225 e. The molecule has 11 nitrogen and oxygen atoms in total. The van der Waals surface area contributed by atoms with E-state index in [0.29, 0.717) is 23.4 Å². The van der Waals surface area contributed by atoms with Gasteiger partial charge in [-0.1, -0.05) is 11.6 Å². The fourth-order valence-electron chi connectivity index (χ4n) is 6.01. The van der Waals surface area contributed by atoms with Crippen molar-refractivity contribution < 1.29 is 13.9 Å². The van der Waals surface area contributed by atoms with Gasteiger partial charge in [0.05, 0.1) is 28.0 Å². The fraction of sp³-hybridized carbons (Fsp3) is 0.300. The summed E-state index contributed by atoms with van der Waals surface area (Å²) in [6.45, 7) is 1.63. The molecular formula is C30H27ClFN9O2. The molecule has 5 aromatic rings. The number of aromatic nitrogens is 8. The molecule has 43 heavy (non-hydrogen) atoms. The van der Waals surface area contributed by atoms with Gasteiger partial charge in [-0.05, 0) is 77.9 Å². The first-order valence-electron chi connectivity index (χ1n) is 14.2. The van der Waals surface area contributed by atoms with Crippen LogP contribution in [0.15, 0.2) is 73.7 Å². The largest absolute Gasteiger partial charge is 0.618 e. The van der Waals surface area contributed by atoms with E-state index >= 15 is 4.39 Å². The Balaban J connectivity index is 1.24. The lowest BCUT2D eigenvalue weighted by atomic mass is 10.0. The van der Waals surface area contributed by atoms with Crippen LogP contribution >= 0.6 is 11.6 Å². The van der Waals surface area contributed by atoms with Crippen molar-refractivity contribution in [1.82, 2.24) is 39.9 Å². The van der Waals surface area contributed by atoms with Gasteiger partial charge in [-0.2, -0.15) is 14.5 Å². The molecule has 0 radical (unpaired) electrons. The van der Waals surface area contributed by atoms with Gasteiger partial charge in [0.25, 0.3) is 0 Å². The lowest BCUT2D eigenvalue weighted by Crippen LogP contribution is -2.36. The van der Waals surface area contributed by atoms with E-state index in [-0.39, 0.29) is 28.3 Å². The van der Waals surface area contributed by atoms with Crippen LogP contribution in [0.25, 0.3) is 27.9 Å². The Hall–Kier alpha value is -4.71. The zero-order valence-electron chi connectivity index (χ0n) is 23.0. The highest BCUT2D eigenvalue weighted by Crippen LogP contribution is 2.47. The second kappa shape index (κ2) is 11.2. The van der Waals surface area contributed by atoms with E-state index < -0.39 is 11.9 Å². The highest BCUT2D eigenvalue weighted by molar-refractivity contribution is 6.31. The van der Waals surface area contributed by atoms with E-state index in [2.05, 4.69) is 25.6 Å². The lowest BCUT2D eigenvalue weighted by molar-refractivity contribution is -0.615. The van der Waals surface area contributed by atoms with Gasteiger partial charge in [0.2, 0.25) is 11.6 Å². The monoisotopic (exact) mass is 599 g/mol. The molecule has 5 heterocycles. The highest BCUT2D eigenvalue weighted by atomic mass is 35.5. The summed E-state index contributed by atoms with van der Waals surface area (Å²) in [7, 11) is 0. The third-order valence-corrected chi connectivity index (χ3v) is 8.65. The quantitative estimate of drug-likeness (QED) is 0.193. The minimum Gasteiger partial charge on any atom is -0.618 e. The number of nitrogens with zero attached hydrogens (tertiary/aromatic N) is 9. The van der Waals surface area contributed by atoms with Crippen LogP contribution in [0.5, 0.6) is 0 Å². The van der Waals surface area contributed by atoms with Gasteiger partial charge in [0.15, 0.2) is 12.0 Å². The van der Waals surface area contributed by atoms with Crippen LogP contribution in [0.1, 0.15) is 37.4 Å². The number of hydrogen-bond acceptors (Lipinski definition) is 7. The van der Waals surface area contributed by atoms with E-state index in [1.165, 1.54) is 23.3 Å². The summed E-state index contributed by atoms with van der Waals surface area (Å²) >= 11 is 6.13. The molecule has 1 saturated carbocycles. The molecule has 4 aromatic heterocycles. The van der Waals surface area contributed by atoms with Gasteiger partial charge in [-0.15, -0.1) is 5.10 Å². The lowest BCUT2D eigenvalue weighted by Gasteiger charge is -2.19. The summed E-state index contributed by atoms with van der Waals surface area (Å²) in [5, 5.41) is 29.4. The van der Waals surface area contributed by atoms with Crippen LogP contribution in [0, 0.1) is 22.9 Å². The molecule has 1 aliphatic heterocycles. The molecule has 1 aliphatic carbocycles. The fourth-order valence-corrected chi connectivity index (χ4v) is 6.17. The second-order valence-electron chi connectivity index (χ2n) is 11.0. The van der Waals surface area contributed by atoms with E-state index in [0.717, 1.165) is 48.2 Å².